The molecule has 2 nitrogen and oxygen atoms in total. The third kappa shape index (κ3) is 1.08. The molecule has 1 aromatic rings. The van der Waals surface area contributed by atoms with E-state index in [-0.39, 0.29) is 0 Å². The molecule has 0 aliphatic heterocycles. The van der Waals surface area contributed by atoms with Crippen LogP contribution in [0.15, 0.2) is 24.9 Å². The second-order valence-electron chi connectivity index (χ2n) is 1.86. The molecular weight excluding hydrogens is 124 g/mol. The van der Waals surface area contributed by atoms with Crippen molar-refractivity contribution in [1.29, 1.82) is 5.26 Å². The Bertz CT molecular complexity index is 265. The highest BCUT2D eigenvalue weighted by molar-refractivity contribution is 5.20. The van der Waals surface area contributed by atoms with Crippen molar-refractivity contribution >= 4 is 0 Å². The van der Waals surface area contributed by atoms with Crippen molar-refractivity contribution in [3.8, 4) is 6.07 Å². The van der Waals surface area contributed by atoms with Gasteiger partial charge >= 0.3 is 0 Å². The highest BCUT2D eigenvalue weighted by atomic mass is 14.9. The minimum absolute atomic E-state index is 0.555. The first-order valence-electron chi connectivity index (χ1n) is 2.96. The van der Waals surface area contributed by atoms with Gasteiger partial charge in [0.15, 0.2) is 0 Å². The van der Waals surface area contributed by atoms with Crippen molar-refractivity contribution in [2.75, 3.05) is 0 Å². The second-order valence-corrected chi connectivity index (χ2v) is 1.86. The Labute approximate surface area is 60.0 Å². The molecular formula is C8H7N2. The standard InChI is InChI=1S/C8H7N2/c1-2-5-10-6-3-4-8(10)7-9/h2-3,6H,1,5H2. The summed E-state index contributed by atoms with van der Waals surface area (Å²) in [7, 11) is 0. The van der Waals surface area contributed by atoms with Crippen LogP contribution in [-0.2, 0) is 6.54 Å². The zero-order valence-electron chi connectivity index (χ0n) is 5.54. The van der Waals surface area contributed by atoms with Gasteiger partial charge < -0.3 is 4.57 Å². The van der Waals surface area contributed by atoms with Gasteiger partial charge in [0.2, 0.25) is 0 Å². The van der Waals surface area contributed by atoms with Crippen molar-refractivity contribution in [1.82, 2.24) is 4.57 Å². The minimum Gasteiger partial charge on any atom is -0.335 e. The predicted octanol–water partition coefficient (Wildman–Crippen LogP) is 1.35. The Hall–Kier alpha value is -1.49. The molecule has 10 heavy (non-hydrogen) atoms. The molecule has 1 heterocycles. The molecule has 1 rings (SSSR count). The quantitative estimate of drug-likeness (QED) is 0.557. The van der Waals surface area contributed by atoms with Crippen molar-refractivity contribution < 1.29 is 0 Å². The first kappa shape index (κ1) is 6.63. The zero-order chi connectivity index (χ0) is 7.40. The number of rotatable bonds is 2. The van der Waals surface area contributed by atoms with Gasteiger partial charge in [-0.1, -0.05) is 6.08 Å². The van der Waals surface area contributed by atoms with Gasteiger partial charge in [0.25, 0.3) is 0 Å². The van der Waals surface area contributed by atoms with E-state index >= 15 is 0 Å². The summed E-state index contributed by atoms with van der Waals surface area (Å²) in [5.41, 5.74) is 0.555. The van der Waals surface area contributed by atoms with E-state index < -0.39 is 0 Å². The van der Waals surface area contributed by atoms with Gasteiger partial charge in [-0.05, 0) is 6.07 Å². The van der Waals surface area contributed by atoms with Gasteiger partial charge in [0, 0.05) is 18.8 Å². The number of nitriles is 1. The zero-order valence-corrected chi connectivity index (χ0v) is 5.54. The summed E-state index contributed by atoms with van der Waals surface area (Å²) in [5.74, 6) is 0. The number of hydrogen-bond acceptors (Lipinski definition) is 1. The summed E-state index contributed by atoms with van der Waals surface area (Å²) in [6, 6.07) is 6.54. The third-order valence-electron chi connectivity index (χ3n) is 1.19. The Morgan fingerprint density at radius 3 is 3.30 bits per heavy atom. The van der Waals surface area contributed by atoms with E-state index in [0.29, 0.717) is 12.2 Å². The molecule has 0 saturated heterocycles. The van der Waals surface area contributed by atoms with Crippen LogP contribution in [0, 0.1) is 17.4 Å². The van der Waals surface area contributed by atoms with E-state index in [0.717, 1.165) is 0 Å². The molecule has 0 aromatic carbocycles. The second kappa shape index (κ2) is 2.88. The third-order valence-corrected chi connectivity index (χ3v) is 1.19. The maximum atomic E-state index is 8.50. The molecule has 0 fully saturated rings. The molecule has 0 bridgehead atoms. The average Bonchev–Trinajstić information content (AvgIpc) is 2.36. The van der Waals surface area contributed by atoms with Crippen molar-refractivity contribution in [3.63, 3.8) is 0 Å². The molecule has 0 N–H and O–H groups in total. The fraction of sp³-hybridized carbons (Fsp3) is 0.125. The highest BCUT2D eigenvalue weighted by Crippen LogP contribution is 1.98. The lowest BCUT2D eigenvalue weighted by Crippen LogP contribution is -1.94. The molecule has 0 saturated carbocycles. The first-order chi connectivity index (χ1) is 4.88. The minimum atomic E-state index is 0.555. The number of hydrogen-bond donors (Lipinski definition) is 0. The average molecular weight is 131 g/mol. The van der Waals surface area contributed by atoms with Crippen LogP contribution in [0.2, 0.25) is 0 Å². The van der Waals surface area contributed by atoms with E-state index in [9.17, 15) is 0 Å². The number of allylic oxidation sites excluding steroid dienone is 1. The van der Waals surface area contributed by atoms with Gasteiger partial charge in [-0.25, -0.2) is 0 Å². The van der Waals surface area contributed by atoms with Gasteiger partial charge in [-0.3, -0.25) is 0 Å². The topological polar surface area (TPSA) is 28.7 Å². The summed E-state index contributed by atoms with van der Waals surface area (Å²) < 4.78 is 1.78. The summed E-state index contributed by atoms with van der Waals surface area (Å²) in [6.07, 6.45) is 3.55. The van der Waals surface area contributed by atoms with E-state index in [1.54, 1.807) is 22.9 Å². The summed E-state index contributed by atoms with van der Waals surface area (Å²) >= 11 is 0. The lowest BCUT2D eigenvalue weighted by Gasteiger charge is -1.96. The van der Waals surface area contributed by atoms with Gasteiger partial charge in [0.1, 0.15) is 11.8 Å². The summed E-state index contributed by atoms with van der Waals surface area (Å²) in [6.45, 7) is 4.24. The molecule has 1 radical (unpaired) electrons. The first-order valence-corrected chi connectivity index (χ1v) is 2.96. The van der Waals surface area contributed by atoms with Gasteiger partial charge in [-0.2, -0.15) is 5.26 Å². The molecule has 0 atom stereocenters. The SMILES string of the molecule is C=CCn1cc[c]c1C#N. The van der Waals surface area contributed by atoms with Crippen LogP contribution in [0.3, 0.4) is 0 Å². The van der Waals surface area contributed by atoms with E-state index in [2.05, 4.69) is 12.6 Å². The molecule has 2 heteroatoms. The smallest absolute Gasteiger partial charge is 0.128 e. The van der Waals surface area contributed by atoms with E-state index in [1.807, 2.05) is 6.07 Å². The maximum Gasteiger partial charge on any atom is 0.128 e. The maximum absolute atomic E-state index is 8.50. The predicted molar refractivity (Wildman–Crippen MR) is 38.2 cm³/mol. The number of aromatic nitrogens is 1. The van der Waals surface area contributed by atoms with Gasteiger partial charge in [-0.15, -0.1) is 6.58 Å². The molecule has 49 valence electrons. The van der Waals surface area contributed by atoms with Crippen LogP contribution in [-0.4, -0.2) is 4.57 Å². The summed E-state index contributed by atoms with van der Waals surface area (Å²) in [4.78, 5) is 0. The fourth-order valence-electron chi connectivity index (χ4n) is 0.751. The normalized spacial score (nSPS) is 8.70. The highest BCUT2D eigenvalue weighted by Gasteiger charge is 1.94. The Morgan fingerprint density at radius 1 is 1.90 bits per heavy atom. The Morgan fingerprint density at radius 2 is 2.70 bits per heavy atom. The van der Waals surface area contributed by atoms with Crippen LogP contribution in [0.1, 0.15) is 5.69 Å². The van der Waals surface area contributed by atoms with Crippen LogP contribution in [0.4, 0.5) is 0 Å². The lowest BCUT2D eigenvalue weighted by molar-refractivity contribution is 0.817. The van der Waals surface area contributed by atoms with E-state index in [4.69, 9.17) is 5.26 Å². The van der Waals surface area contributed by atoms with Crippen LogP contribution < -0.4 is 0 Å². The fourth-order valence-corrected chi connectivity index (χ4v) is 0.751. The molecule has 0 unspecified atom stereocenters. The molecule has 0 aliphatic rings. The van der Waals surface area contributed by atoms with Gasteiger partial charge in [0.05, 0.1) is 0 Å². The van der Waals surface area contributed by atoms with Crippen molar-refractivity contribution in [2.24, 2.45) is 0 Å². The molecule has 0 spiro atoms. The largest absolute Gasteiger partial charge is 0.335 e. The summed E-state index contributed by atoms with van der Waals surface area (Å²) in [5, 5.41) is 8.50. The van der Waals surface area contributed by atoms with Crippen molar-refractivity contribution in [3.05, 3.63) is 36.7 Å². The van der Waals surface area contributed by atoms with Crippen LogP contribution in [0.5, 0.6) is 0 Å². The molecule has 0 amide bonds. The monoisotopic (exact) mass is 131 g/mol. The molecule has 1 aromatic heterocycles. The van der Waals surface area contributed by atoms with Crippen molar-refractivity contribution in [2.45, 2.75) is 6.54 Å². The molecule has 0 aliphatic carbocycles. The number of nitrogens with zero attached hydrogens (tertiary/aromatic N) is 2. The lowest BCUT2D eigenvalue weighted by atomic mass is 10.4. The van der Waals surface area contributed by atoms with Crippen LogP contribution in [0.25, 0.3) is 0 Å². The Balaban J connectivity index is 2.92. The Kier molecular flexibility index (Phi) is 1.91. The van der Waals surface area contributed by atoms with Crippen LogP contribution >= 0.6 is 0 Å². The van der Waals surface area contributed by atoms with E-state index in [1.165, 1.54) is 0 Å².